The molecule has 0 aromatic carbocycles. The summed E-state index contributed by atoms with van der Waals surface area (Å²) in [5.41, 5.74) is 0. The molecule has 1 radical (unpaired) electrons. The Morgan fingerprint density at radius 2 is 2.29 bits per heavy atom. The van der Waals surface area contributed by atoms with E-state index in [4.69, 9.17) is 0 Å². The average Bonchev–Trinajstić information content (AvgIpc) is 1.87. The van der Waals surface area contributed by atoms with E-state index in [0.29, 0.717) is 0 Å². The van der Waals surface area contributed by atoms with E-state index in [-0.39, 0.29) is 0 Å². The summed E-state index contributed by atoms with van der Waals surface area (Å²) >= 11 is 0. The van der Waals surface area contributed by atoms with Crippen molar-refractivity contribution in [2.75, 3.05) is 0 Å². The van der Waals surface area contributed by atoms with Gasteiger partial charge < -0.3 is 5.32 Å². The van der Waals surface area contributed by atoms with Gasteiger partial charge in [-0.2, -0.15) is 0 Å². The third-order valence-electron chi connectivity index (χ3n) is 1.39. The zero-order valence-corrected chi connectivity index (χ0v) is 4.94. The second kappa shape index (κ2) is 1.83. The summed E-state index contributed by atoms with van der Waals surface area (Å²) in [5.74, 6) is 0.787. The van der Waals surface area contributed by atoms with Crippen LogP contribution in [0, 0.1) is 12.5 Å². The van der Waals surface area contributed by atoms with Gasteiger partial charge in [0.05, 0.1) is 0 Å². The fraction of sp³-hybridized carbons (Fsp3) is 0.833. The zero-order chi connectivity index (χ0) is 5.28. The van der Waals surface area contributed by atoms with Gasteiger partial charge in [0.15, 0.2) is 0 Å². The monoisotopic (exact) mass is 98.1 g/mol. The third kappa shape index (κ3) is 1.16. The summed E-state index contributed by atoms with van der Waals surface area (Å²) in [5, 5.41) is 3.24. The summed E-state index contributed by atoms with van der Waals surface area (Å²) in [6, 6.07) is 0.718. The van der Waals surface area contributed by atoms with Crippen molar-refractivity contribution in [2.45, 2.75) is 26.3 Å². The van der Waals surface area contributed by atoms with Gasteiger partial charge in [0.1, 0.15) is 0 Å². The molecular weight excluding hydrogens is 86.1 g/mol. The molecule has 1 rings (SSSR count). The maximum absolute atomic E-state index is 3.24. The highest BCUT2D eigenvalue weighted by Gasteiger charge is 2.15. The van der Waals surface area contributed by atoms with Gasteiger partial charge in [0, 0.05) is 12.6 Å². The van der Waals surface area contributed by atoms with E-state index < -0.39 is 0 Å². The molecule has 0 aromatic heterocycles. The average molecular weight is 98.2 g/mol. The molecule has 0 aliphatic carbocycles. The molecule has 0 amide bonds. The molecule has 1 aliphatic rings. The van der Waals surface area contributed by atoms with Crippen molar-refractivity contribution >= 4 is 0 Å². The summed E-state index contributed by atoms with van der Waals surface area (Å²) in [6.45, 7) is 6.61. The molecule has 1 heterocycles. The lowest BCUT2D eigenvalue weighted by molar-refractivity contribution is 0.628. The van der Waals surface area contributed by atoms with Gasteiger partial charge in [-0.3, -0.25) is 0 Å². The maximum Gasteiger partial charge on any atom is 0.0252 e. The SMILES string of the molecule is CC1[CH]NC(C)C1. The number of rotatable bonds is 0. The first kappa shape index (κ1) is 5.10. The molecule has 1 heteroatoms. The van der Waals surface area contributed by atoms with Crippen molar-refractivity contribution in [1.82, 2.24) is 5.32 Å². The van der Waals surface area contributed by atoms with Crippen LogP contribution in [0.3, 0.4) is 0 Å². The van der Waals surface area contributed by atoms with Crippen LogP contribution in [0.5, 0.6) is 0 Å². The fourth-order valence-corrected chi connectivity index (χ4v) is 1.02. The van der Waals surface area contributed by atoms with Crippen molar-refractivity contribution in [3.8, 4) is 0 Å². The minimum absolute atomic E-state index is 0.718. The van der Waals surface area contributed by atoms with Crippen LogP contribution in [-0.2, 0) is 0 Å². The molecule has 41 valence electrons. The molecule has 1 saturated heterocycles. The molecule has 0 spiro atoms. The van der Waals surface area contributed by atoms with E-state index in [0.717, 1.165) is 12.0 Å². The quantitative estimate of drug-likeness (QED) is 0.479. The van der Waals surface area contributed by atoms with Gasteiger partial charge in [-0.25, -0.2) is 0 Å². The van der Waals surface area contributed by atoms with Gasteiger partial charge in [-0.05, 0) is 19.3 Å². The Morgan fingerprint density at radius 3 is 2.43 bits per heavy atom. The Morgan fingerprint density at radius 1 is 1.57 bits per heavy atom. The van der Waals surface area contributed by atoms with Crippen LogP contribution < -0.4 is 5.32 Å². The maximum atomic E-state index is 3.24. The number of nitrogens with one attached hydrogen (secondary N) is 1. The van der Waals surface area contributed by atoms with E-state index >= 15 is 0 Å². The molecule has 2 unspecified atom stereocenters. The first-order valence-electron chi connectivity index (χ1n) is 2.88. The Hall–Kier alpha value is -0.0400. The lowest BCUT2D eigenvalue weighted by atomic mass is 10.1. The Kier molecular flexibility index (Phi) is 1.33. The largest absolute Gasteiger partial charge is 0.310 e. The highest BCUT2D eigenvalue weighted by Crippen LogP contribution is 2.14. The minimum Gasteiger partial charge on any atom is -0.310 e. The van der Waals surface area contributed by atoms with Gasteiger partial charge in [0.2, 0.25) is 0 Å². The van der Waals surface area contributed by atoms with Crippen LogP contribution in [0.4, 0.5) is 0 Å². The van der Waals surface area contributed by atoms with Gasteiger partial charge in [-0.15, -0.1) is 0 Å². The van der Waals surface area contributed by atoms with Crippen molar-refractivity contribution in [1.29, 1.82) is 0 Å². The summed E-state index contributed by atoms with van der Waals surface area (Å²) in [6.07, 6.45) is 1.31. The second-order valence-corrected chi connectivity index (χ2v) is 2.45. The first-order valence-corrected chi connectivity index (χ1v) is 2.88. The Balaban J connectivity index is 2.26. The normalized spacial score (nSPS) is 42.0. The smallest absolute Gasteiger partial charge is 0.0252 e. The van der Waals surface area contributed by atoms with Crippen molar-refractivity contribution < 1.29 is 0 Å². The van der Waals surface area contributed by atoms with E-state index in [1.54, 1.807) is 0 Å². The molecule has 1 nitrogen and oxygen atoms in total. The van der Waals surface area contributed by atoms with Crippen molar-refractivity contribution in [2.24, 2.45) is 5.92 Å². The van der Waals surface area contributed by atoms with E-state index in [9.17, 15) is 0 Å². The van der Waals surface area contributed by atoms with Crippen LogP contribution in [0.1, 0.15) is 20.3 Å². The first-order chi connectivity index (χ1) is 3.29. The van der Waals surface area contributed by atoms with Crippen LogP contribution in [-0.4, -0.2) is 6.04 Å². The van der Waals surface area contributed by atoms with Crippen LogP contribution in [0.2, 0.25) is 0 Å². The van der Waals surface area contributed by atoms with E-state index in [1.807, 2.05) is 0 Å². The molecular formula is C6H12N. The van der Waals surface area contributed by atoms with Crippen LogP contribution >= 0.6 is 0 Å². The fourth-order valence-electron chi connectivity index (χ4n) is 1.02. The molecule has 0 saturated carbocycles. The summed E-state index contributed by atoms with van der Waals surface area (Å²) in [7, 11) is 0. The molecule has 1 fully saturated rings. The molecule has 1 aliphatic heterocycles. The number of hydrogen-bond acceptors (Lipinski definition) is 1. The van der Waals surface area contributed by atoms with Crippen molar-refractivity contribution in [3.05, 3.63) is 6.54 Å². The van der Waals surface area contributed by atoms with Crippen molar-refractivity contribution in [3.63, 3.8) is 0 Å². The Labute approximate surface area is 45.1 Å². The molecule has 0 bridgehead atoms. The summed E-state index contributed by atoms with van der Waals surface area (Å²) < 4.78 is 0. The van der Waals surface area contributed by atoms with Crippen LogP contribution in [0.15, 0.2) is 0 Å². The molecule has 0 aromatic rings. The van der Waals surface area contributed by atoms with Gasteiger partial charge in [0.25, 0.3) is 0 Å². The predicted molar refractivity (Wildman–Crippen MR) is 30.7 cm³/mol. The number of hydrogen-bond donors (Lipinski definition) is 1. The molecule has 2 atom stereocenters. The zero-order valence-electron chi connectivity index (χ0n) is 4.94. The second-order valence-electron chi connectivity index (χ2n) is 2.45. The lowest BCUT2D eigenvalue weighted by Gasteiger charge is -1.95. The van der Waals surface area contributed by atoms with Gasteiger partial charge >= 0.3 is 0 Å². The van der Waals surface area contributed by atoms with Crippen LogP contribution in [0.25, 0.3) is 0 Å². The topological polar surface area (TPSA) is 12.0 Å². The molecule has 1 N–H and O–H groups in total. The highest BCUT2D eigenvalue weighted by molar-refractivity contribution is 4.84. The molecule has 7 heavy (non-hydrogen) atoms. The van der Waals surface area contributed by atoms with Gasteiger partial charge in [-0.1, -0.05) is 6.92 Å². The van der Waals surface area contributed by atoms with E-state index in [1.165, 1.54) is 6.42 Å². The minimum atomic E-state index is 0.718. The summed E-state index contributed by atoms with van der Waals surface area (Å²) in [4.78, 5) is 0. The predicted octanol–water partition coefficient (Wildman–Crippen LogP) is 1.17. The van der Waals surface area contributed by atoms with E-state index in [2.05, 4.69) is 25.7 Å². The lowest BCUT2D eigenvalue weighted by Crippen LogP contribution is -2.13. The highest BCUT2D eigenvalue weighted by atomic mass is 14.9. The third-order valence-corrected chi connectivity index (χ3v) is 1.39. The Bertz CT molecular complexity index is 53.2. The standard InChI is InChI=1S/C6H12N/c1-5-3-6(2)7-4-5/h4-7H,3H2,1-2H3.